The van der Waals surface area contributed by atoms with Crippen molar-refractivity contribution < 1.29 is 4.79 Å². The van der Waals surface area contributed by atoms with E-state index in [0.717, 1.165) is 36.4 Å². The van der Waals surface area contributed by atoms with Crippen LogP contribution in [-0.4, -0.2) is 38.7 Å². The molecule has 2 aromatic heterocycles. The molecule has 3 heterocycles. The fourth-order valence-corrected chi connectivity index (χ4v) is 2.34. The maximum Gasteiger partial charge on any atom is 0.277 e. The first kappa shape index (κ1) is 14.2. The molecule has 0 spiro atoms. The first-order valence-electron chi connectivity index (χ1n) is 7.06. The van der Waals surface area contributed by atoms with Gasteiger partial charge in [0.25, 0.3) is 11.5 Å². The van der Waals surface area contributed by atoms with Crippen LogP contribution in [0.15, 0.2) is 29.3 Å². The Morgan fingerprint density at radius 3 is 2.73 bits per heavy atom. The Balaban J connectivity index is 1.77. The zero-order valence-electron chi connectivity index (χ0n) is 12.2. The highest BCUT2D eigenvalue weighted by Crippen LogP contribution is 2.19. The van der Waals surface area contributed by atoms with Crippen LogP contribution >= 0.6 is 0 Å². The van der Waals surface area contributed by atoms with Crippen molar-refractivity contribution in [2.45, 2.75) is 12.8 Å². The number of hydrogen-bond acceptors (Lipinski definition) is 6. The van der Waals surface area contributed by atoms with Crippen LogP contribution in [0.25, 0.3) is 0 Å². The van der Waals surface area contributed by atoms with Gasteiger partial charge in [-0.05, 0) is 18.9 Å². The van der Waals surface area contributed by atoms with E-state index in [-0.39, 0.29) is 11.3 Å². The van der Waals surface area contributed by atoms with Crippen molar-refractivity contribution in [1.82, 2.24) is 19.7 Å². The summed E-state index contributed by atoms with van der Waals surface area (Å²) in [6, 6.07) is 4.43. The van der Waals surface area contributed by atoms with Crippen molar-refractivity contribution in [1.29, 1.82) is 0 Å². The fraction of sp³-hybridized carbons (Fsp3) is 0.357. The molecule has 0 bridgehead atoms. The molecule has 0 atom stereocenters. The summed E-state index contributed by atoms with van der Waals surface area (Å²) in [5.41, 5.74) is -0.113. The number of carbonyl (C=O) groups excluding carboxylic acids is 1. The molecule has 8 nitrogen and oxygen atoms in total. The second-order valence-electron chi connectivity index (χ2n) is 5.09. The molecule has 1 N–H and O–H groups in total. The van der Waals surface area contributed by atoms with Crippen molar-refractivity contribution in [3.8, 4) is 0 Å². The summed E-state index contributed by atoms with van der Waals surface area (Å²) >= 11 is 0. The molecule has 0 saturated carbocycles. The van der Waals surface area contributed by atoms with Gasteiger partial charge in [0.15, 0.2) is 0 Å². The number of hydrogen-bond donors (Lipinski definition) is 1. The van der Waals surface area contributed by atoms with Crippen LogP contribution < -0.4 is 15.8 Å². The van der Waals surface area contributed by atoms with Gasteiger partial charge in [0.05, 0.1) is 0 Å². The Hall–Kier alpha value is -2.77. The highest BCUT2D eigenvalue weighted by Gasteiger charge is 2.15. The van der Waals surface area contributed by atoms with Crippen LogP contribution in [0.3, 0.4) is 0 Å². The minimum Gasteiger partial charge on any atom is -0.356 e. The predicted molar refractivity (Wildman–Crippen MR) is 80.9 cm³/mol. The summed E-state index contributed by atoms with van der Waals surface area (Å²) in [5, 5.41) is 6.58. The van der Waals surface area contributed by atoms with Crippen LogP contribution in [0.4, 0.5) is 11.6 Å². The van der Waals surface area contributed by atoms with Gasteiger partial charge in [0.2, 0.25) is 0 Å². The summed E-state index contributed by atoms with van der Waals surface area (Å²) in [7, 11) is 1.50. The lowest BCUT2D eigenvalue weighted by molar-refractivity contribution is 0.101. The maximum absolute atomic E-state index is 12.1. The largest absolute Gasteiger partial charge is 0.356 e. The minimum absolute atomic E-state index is 0.156. The maximum atomic E-state index is 12.1. The minimum atomic E-state index is -0.415. The molecule has 0 aliphatic carbocycles. The normalized spacial score (nSPS) is 14.1. The number of rotatable bonds is 3. The first-order chi connectivity index (χ1) is 10.6. The Morgan fingerprint density at radius 2 is 2.00 bits per heavy atom. The molecular formula is C14H16N6O2. The Labute approximate surface area is 126 Å². The predicted octanol–water partition coefficient (Wildman–Crippen LogP) is 0.423. The van der Waals surface area contributed by atoms with Crippen molar-refractivity contribution in [2.75, 3.05) is 23.3 Å². The second kappa shape index (κ2) is 5.92. The summed E-state index contributed by atoms with van der Waals surface area (Å²) < 4.78 is 1.12. The van der Waals surface area contributed by atoms with Gasteiger partial charge in [-0.25, -0.2) is 14.6 Å². The third kappa shape index (κ3) is 2.95. The zero-order valence-corrected chi connectivity index (χ0v) is 12.2. The number of nitrogens with zero attached hydrogens (tertiary/aromatic N) is 5. The van der Waals surface area contributed by atoms with Gasteiger partial charge in [-0.3, -0.25) is 9.59 Å². The quantitative estimate of drug-likeness (QED) is 0.883. The highest BCUT2D eigenvalue weighted by molar-refractivity contribution is 6.02. The molecule has 1 aliphatic heterocycles. The van der Waals surface area contributed by atoms with Crippen LogP contribution in [0.2, 0.25) is 0 Å². The molecule has 0 aromatic carbocycles. The van der Waals surface area contributed by atoms with Gasteiger partial charge in [0.1, 0.15) is 23.7 Å². The first-order valence-corrected chi connectivity index (χ1v) is 7.06. The van der Waals surface area contributed by atoms with Gasteiger partial charge < -0.3 is 10.2 Å². The molecule has 1 aliphatic rings. The molecule has 8 heteroatoms. The molecule has 0 unspecified atom stereocenters. The average Bonchev–Trinajstić information content (AvgIpc) is 3.04. The molecule has 114 valence electrons. The van der Waals surface area contributed by atoms with E-state index in [1.54, 1.807) is 6.07 Å². The van der Waals surface area contributed by atoms with Crippen LogP contribution in [-0.2, 0) is 7.05 Å². The SMILES string of the molecule is Cn1nc(C(=O)Nc2cc(N3CCCC3)ncn2)ccc1=O. The zero-order chi connectivity index (χ0) is 15.5. The van der Waals surface area contributed by atoms with Crippen molar-refractivity contribution in [3.63, 3.8) is 0 Å². The lowest BCUT2D eigenvalue weighted by Crippen LogP contribution is -2.24. The number of nitrogens with one attached hydrogen (secondary N) is 1. The smallest absolute Gasteiger partial charge is 0.277 e. The third-order valence-electron chi connectivity index (χ3n) is 3.52. The third-order valence-corrected chi connectivity index (χ3v) is 3.52. The van der Waals surface area contributed by atoms with E-state index < -0.39 is 5.91 Å². The van der Waals surface area contributed by atoms with Gasteiger partial charge in [-0.2, -0.15) is 5.10 Å². The summed E-state index contributed by atoms with van der Waals surface area (Å²) in [4.78, 5) is 33.9. The van der Waals surface area contributed by atoms with E-state index in [0.29, 0.717) is 5.82 Å². The molecule has 22 heavy (non-hydrogen) atoms. The van der Waals surface area contributed by atoms with E-state index in [9.17, 15) is 9.59 Å². The van der Waals surface area contributed by atoms with E-state index in [1.165, 1.54) is 25.5 Å². The van der Waals surface area contributed by atoms with Crippen LogP contribution in [0.5, 0.6) is 0 Å². The Bertz CT molecular complexity index is 751. The number of amides is 1. The number of aromatic nitrogens is 4. The van der Waals surface area contributed by atoms with Crippen molar-refractivity contribution in [3.05, 3.63) is 40.6 Å². The van der Waals surface area contributed by atoms with E-state index in [4.69, 9.17) is 0 Å². The molecule has 1 fully saturated rings. The fourth-order valence-electron chi connectivity index (χ4n) is 2.34. The van der Waals surface area contributed by atoms with Gasteiger partial charge >= 0.3 is 0 Å². The van der Waals surface area contributed by atoms with E-state index in [2.05, 4.69) is 25.3 Å². The summed E-state index contributed by atoms with van der Waals surface area (Å²) in [6.45, 7) is 1.93. The summed E-state index contributed by atoms with van der Waals surface area (Å²) in [6.07, 6.45) is 3.72. The Kier molecular flexibility index (Phi) is 3.82. The highest BCUT2D eigenvalue weighted by atomic mass is 16.2. The number of carbonyl (C=O) groups is 1. The van der Waals surface area contributed by atoms with Gasteiger partial charge in [-0.15, -0.1) is 0 Å². The monoisotopic (exact) mass is 300 g/mol. The van der Waals surface area contributed by atoms with E-state index >= 15 is 0 Å². The lowest BCUT2D eigenvalue weighted by Gasteiger charge is -2.16. The van der Waals surface area contributed by atoms with Crippen LogP contribution in [0.1, 0.15) is 23.3 Å². The van der Waals surface area contributed by atoms with Gasteiger partial charge in [-0.1, -0.05) is 0 Å². The van der Waals surface area contributed by atoms with Crippen molar-refractivity contribution >= 4 is 17.5 Å². The summed E-state index contributed by atoms with van der Waals surface area (Å²) in [5.74, 6) is 0.801. The van der Waals surface area contributed by atoms with E-state index in [1.807, 2.05) is 0 Å². The second-order valence-corrected chi connectivity index (χ2v) is 5.09. The molecule has 1 saturated heterocycles. The molecule has 2 aromatic rings. The number of anilines is 2. The standard InChI is InChI=1S/C14H16N6O2/c1-19-13(21)5-4-10(18-19)14(22)17-11-8-12(16-9-15-11)20-6-2-3-7-20/h4-5,8-9H,2-3,6-7H2,1H3,(H,15,16,17,22). The topological polar surface area (TPSA) is 93.0 Å². The molecule has 1 amide bonds. The van der Waals surface area contributed by atoms with Crippen LogP contribution in [0, 0.1) is 0 Å². The lowest BCUT2D eigenvalue weighted by atomic mass is 10.3. The van der Waals surface area contributed by atoms with Gasteiger partial charge in [0, 0.05) is 32.3 Å². The Morgan fingerprint density at radius 1 is 1.23 bits per heavy atom. The molecule has 3 rings (SSSR count). The molecule has 0 radical (unpaired) electrons. The molecular weight excluding hydrogens is 284 g/mol. The average molecular weight is 300 g/mol. The van der Waals surface area contributed by atoms with Crippen molar-refractivity contribution in [2.24, 2.45) is 7.05 Å². The number of aryl methyl sites for hydroxylation is 1.